The van der Waals surface area contributed by atoms with Gasteiger partial charge in [-0.25, -0.2) is 8.78 Å². The molecule has 2 aliphatic carbocycles. The average molecular weight is 209 g/mol. The summed E-state index contributed by atoms with van der Waals surface area (Å²) in [6.07, 6.45) is 0. The maximum atomic E-state index is 12.1. The van der Waals surface area contributed by atoms with Crippen LogP contribution < -0.4 is 0 Å². The Morgan fingerprint density at radius 3 is 2.00 bits per heavy atom. The summed E-state index contributed by atoms with van der Waals surface area (Å²) in [5.41, 5.74) is 1.16. The van der Waals surface area contributed by atoms with Gasteiger partial charge in [0.15, 0.2) is 11.6 Å². The summed E-state index contributed by atoms with van der Waals surface area (Å²) in [5.74, 6) is -2.25. The normalized spacial score (nSPS) is 9.15. The predicted octanol–water partition coefficient (Wildman–Crippen LogP) is 2.46. The van der Waals surface area contributed by atoms with E-state index in [1.807, 2.05) is 0 Å². The van der Waals surface area contributed by atoms with E-state index in [1.165, 1.54) is 6.07 Å². The Bertz CT molecular complexity index is 335. The van der Waals surface area contributed by atoms with Crippen molar-refractivity contribution in [2.75, 3.05) is 0 Å². The van der Waals surface area contributed by atoms with E-state index in [-0.39, 0.29) is 12.4 Å². The fourth-order valence-electron chi connectivity index (χ4n) is 0.757. The van der Waals surface area contributed by atoms with Crippen molar-refractivity contribution in [1.82, 2.24) is 0 Å². The van der Waals surface area contributed by atoms with Gasteiger partial charge < -0.3 is 5.11 Å². The van der Waals surface area contributed by atoms with Gasteiger partial charge in [0.2, 0.25) is 0 Å². The van der Waals surface area contributed by atoms with Crippen LogP contribution in [0.5, 0.6) is 0 Å². The average Bonchev–Trinajstić information content (AvgIpc) is 2.59. The van der Waals surface area contributed by atoms with Gasteiger partial charge in [-0.3, -0.25) is 4.79 Å². The maximum absolute atomic E-state index is 12.1. The number of halogens is 3. The molecule has 0 aromatic rings. The van der Waals surface area contributed by atoms with Crippen molar-refractivity contribution < 1.29 is 18.7 Å². The smallest absolute Gasteiger partial charge is 0.300 e. The molecule has 0 bridgehead atoms. The van der Waals surface area contributed by atoms with E-state index in [0.29, 0.717) is 11.1 Å². The van der Waals surface area contributed by atoms with Gasteiger partial charge >= 0.3 is 0 Å². The standard InChI is InChI=1S/C6H2F2.C2H4O2.ClH/c7-5-2-3-1-4(3)6(5)8;1-2(3)4;/h1-2H;1H3,(H,3,4);1H. The number of hydrogen-bond acceptors (Lipinski definition) is 1. The first-order valence-corrected chi connectivity index (χ1v) is 3.21. The zero-order valence-electron chi connectivity index (χ0n) is 6.67. The van der Waals surface area contributed by atoms with Crippen molar-refractivity contribution in [1.29, 1.82) is 0 Å². The van der Waals surface area contributed by atoms with Crippen molar-refractivity contribution in [2.24, 2.45) is 0 Å². The van der Waals surface area contributed by atoms with Crippen LogP contribution in [0.3, 0.4) is 0 Å². The van der Waals surface area contributed by atoms with Gasteiger partial charge in [0, 0.05) is 12.5 Å². The molecule has 2 nitrogen and oxygen atoms in total. The van der Waals surface area contributed by atoms with Crippen LogP contribution >= 0.6 is 12.4 Å². The second-order valence-corrected chi connectivity index (χ2v) is 2.34. The maximum Gasteiger partial charge on any atom is 0.300 e. The third kappa shape index (κ3) is 2.99. The van der Waals surface area contributed by atoms with Crippen molar-refractivity contribution in [2.45, 2.75) is 6.92 Å². The summed E-state index contributed by atoms with van der Waals surface area (Å²) in [5, 5.41) is 7.42. The lowest BCUT2D eigenvalue weighted by atomic mass is 10.5. The molecule has 0 saturated carbocycles. The zero-order valence-corrected chi connectivity index (χ0v) is 7.49. The first kappa shape index (κ1) is 11.8. The molecule has 5 heteroatoms. The summed E-state index contributed by atoms with van der Waals surface area (Å²) in [6.45, 7) is 1.08. The minimum Gasteiger partial charge on any atom is -0.481 e. The van der Waals surface area contributed by atoms with Crippen LogP contribution in [0.15, 0.2) is 12.1 Å². The van der Waals surface area contributed by atoms with Crippen LogP contribution in [0.1, 0.15) is 6.92 Å². The Hall–Kier alpha value is -1.16. The van der Waals surface area contributed by atoms with Crippen molar-refractivity contribution in [3.8, 4) is 11.1 Å². The number of carbonyl (C=O) groups is 1. The Kier molecular flexibility index (Phi) is 3.81. The summed E-state index contributed by atoms with van der Waals surface area (Å²) in [7, 11) is 0. The molecule has 0 aromatic carbocycles. The molecule has 0 aliphatic heterocycles. The van der Waals surface area contributed by atoms with Gasteiger partial charge in [0.05, 0.1) is 0 Å². The second-order valence-electron chi connectivity index (χ2n) is 2.34. The molecule has 72 valence electrons. The van der Waals surface area contributed by atoms with E-state index in [4.69, 9.17) is 9.90 Å². The molecule has 13 heavy (non-hydrogen) atoms. The molecule has 2 rings (SSSR count). The Labute approximate surface area is 79.6 Å². The molecule has 0 saturated heterocycles. The van der Waals surface area contributed by atoms with E-state index < -0.39 is 17.6 Å². The van der Waals surface area contributed by atoms with Crippen LogP contribution in [0.4, 0.5) is 8.78 Å². The molecular weight excluding hydrogens is 202 g/mol. The largest absolute Gasteiger partial charge is 0.481 e. The summed E-state index contributed by atoms with van der Waals surface area (Å²) in [6, 6.07) is 2.81. The lowest BCUT2D eigenvalue weighted by Gasteiger charge is -1.74. The van der Waals surface area contributed by atoms with Gasteiger partial charge in [-0.1, -0.05) is 0 Å². The molecule has 0 spiro atoms. The fraction of sp³-hybridized carbons (Fsp3) is 0.125. The lowest BCUT2D eigenvalue weighted by molar-refractivity contribution is -0.134. The van der Waals surface area contributed by atoms with Gasteiger partial charge in [-0.2, -0.15) is 0 Å². The summed E-state index contributed by atoms with van der Waals surface area (Å²) < 4.78 is 24.1. The number of hydrogen-bond donors (Lipinski definition) is 1. The van der Waals surface area contributed by atoms with E-state index in [2.05, 4.69) is 0 Å². The van der Waals surface area contributed by atoms with Crippen molar-refractivity contribution in [3.05, 3.63) is 23.8 Å². The fourth-order valence-corrected chi connectivity index (χ4v) is 0.757. The van der Waals surface area contributed by atoms with E-state index in [0.717, 1.165) is 6.92 Å². The number of carboxylic acid groups (broad SMARTS) is 1. The van der Waals surface area contributed by atoms with Crippen molar-refractivity contribution in [3.63, 3.8) is 0 Å². The monoisotopic (exact) mass is 208 g/mol. The number of fused-ring (bicyclic) bond motifs is 1. The molecule has 0 amide bonds. The van der Waals surface area contributed by atoms with E-state index in [1.54, 1.807) is 6.07 Å². The molecule has 0 fully saturated rings. The summed E-state index contributed by atoms with van der Waals surface area (Å²) in [4.78, 5) is 9.00. The minimum absolute atomic E-state index is 0. The SMILES string of the molecule is CC(=O)O.Cl.Fc1cc2cc-2c1F. The van der Waals surface area contributed by atoms with E-state index in [9.17, 15) is 8.78 Å². The number of rotatable bonds is 0. The predicted molar refractivity (Wildman–Crippen MR) is 45.9 cm³/mol. The highest BCUT2D eigenvalue weighted by atomic mass is 35.5. The third-order valence-corrected chi connectivity index (χ3v) is 1.26. The first-order valence-electron chi connectivity index (χ1n) is 3.21. The number of aliphatic carboxylic acids is 1. The number of benzene rings is 1. The summed E-state index contributed by atoms with van der Waals surface area (Å²) >= 11 is 0. The highest BCUT2D eigenvalue weighted by Crippen LogP contribution is 2.38. The molecular formula is C8H7ClF2O2. The highest BCUT2D eigenvalue weighted by Gasteiger charge is 2.22. The van der Waals surface area contributed by atoms with Gasteiger partial charge in [0.25, 0.3) is 5.97 Å². The molecule has 0 aromatic heterocycles. The Morgan fingerprint density at radius 1 is 1.38 bits per heavy atom. The quantitative estimate of drug-likeness (QED) is 0.722. The topological polar surface area (TPSA) is 37.3 Å². The highest BCUT2D eigenvalue weighted by molar-refractivity contribution is 5.85. The first-order chi connectivity index (χ1) is 5.52. The molecule has 0 unspecified atom stereocenters. The Balaban J connectivity index is 0.000000256. The van der Waals surface area contributed by atoms with Crippen LogP contribution in [0.25, 0.3) is 11.1 Å². The molecule has 1 N–H and O–H groups in total. The second kappa shape index (κ2) is 4.18. The van der Waals surface area contributed by atoms with Crippen LogP contribution in [-0.4, -0.2) is 11.1 Å². The zero-order chi connectivity index (χ0) is 9.30. The van der Waals surface area contributed by atoms with Crippen LogP contribution in [-0.2, 0) is 4.79 Å². The van der Waals surface area contributed by atoms with Crippen LogP contribution in [0.2, 0.25) is 0 Å². The van der Waals surface area contributed by atoms with Gasteiger partial charge in [-0.15, -0.1) is 12.4 Å². The molecule has 2 aliphatic rings. The third-order valence-electron chi connectivity index (χ3n) is 1.26. The number of carboxylic acids is 1. The van der Waals surface area contributed by atoms with Gasteiger partial charge in [-0.05, 0) is 17.7 Å². The van der Waals surface area contributed by atoms with Crippen molar-refractivity contribution >= 4 is 18.4 Å². The van der Waals surface area contributed by atoms with E-state index >= 15 is 0 Å². The molecule has 0 atom stereocenters. The molecule has 0 radical (unpaired) electrons. The van der Waals surface area contributed by atoms with Crippen LogP contribution in [0, 0.1) is 11.6 Å². The Morgan fingerprint density at radius 2 is 1.85 bits per heavy atom. The van der Waals surface area contributed by atoms with Gasteiger partial charge in [0.1, 0.15) is 0 Å². The minimum atomic E-state index is -0.833. The molecule has 0 heterocycles. The lowest BCUT2D eigenvalue weighted by Crippen LogP contribution is -1.78.